The molecule has 0 atom stereocenters. The molecule has 0 N–H and O–H groups in total. The Kier molecular flexibility index (Phi) is 4.64. The number of aryl methyl sites for hydroxylation is 2. The second-order valence-corrected chi connectivity index (χ2v) is 2.99. The lowest BCUT2D eigenvalue weighted by molar-refractivity contribution is 0.698. The van der Waals surface area contributed by atoms with Crippen molar-refractivity contribution in [2.75, 3.05) is 0 Å². The van der Waals surface area contributed by atoms with Gasteiger partial charge in [-0.3, -0.25) is 4.68 Å². The van der Waals surface area contributed by atoms with Gasteiger partial charge in [-0.05, 0) is 18.9 Å². The van der Waals surface area contributed by atoms with Gasteiger partial charge in [-0.15, -0.1) is 0 Å². The molecule has 0 saturated heterocycles. The maximum Gasteiger partial charge on any atom is 0.0652 e. The highest BCUT2D eigenvalue weighted by molar-refractivity contribution is 5.11. The highest BCUT2D eigenvalue weighted by Gasteiger charge is 2.03. The molecule has 0 radical (unpaired) electrons. The molecule has 0 spiro atoms. The van der Waals surface area contributed by atoms with E-state index >= 15 is 0 Å². The molecule has 1 heterocycles. The summed E-state index contributed by atoms with van der Waals surface area (Å²) in [4.78, 5) is 0. The van der Waals surface area contributed by atoms with Gasteiger partial charge in [-0.2, -0.15) is 5.10 Å². The molecule has 2 nitrogen and oxygen atoms in total. The quantitative estimate of drug-likeness (QED) is 0.630. The molecule has 1 aromatic rings. The SMILES string of the molecule is CC.Cc1cc(C(C)C)nn1C. The van der Waals surface area contributed by atoms with E-state index < -0.39 is 0 Å². The molecule has 0 aliphatic heterocycles. The zero-order valence-electron chi connectivity index (χ0n) is 9.05. The Morgan fingerprint density at radius 3 is 2.00 bits per heavy atom. The van der Waals surface area contributed by atoms with Crippen molar-refractivity contribution < 1.29 is 0 Å². The first-order valence-electron chi connectivity index (χ1n) is 4.62. The summed E-state index contributed by atoms with van der Waals surface area (Å²) in [6.45, 7) is 10.4. The van der Waals surface area contributed by atoms with Crippen molar-refractivity contribution in [1.29, 1.82) is 0 Å². The van der Waals surface area contributed by atoms with E-state index in [0.717, 1.165) is 0 Å². The van der Waals surface area contributed by atoms with Crippen LogP contribution in [0.3, 0.4) is 0 Å². The van der Waals surface area contributed by atoms with Crippen LogP contribution in [0.5, 0.6) is 0 Å². The van der Waals surface area contributed by atoms with Gasteiger partial charge in [0.15, 0.2) is 0 Å². The van der Waals surface area contributed by atoms with Crippen LogP contribution in [0.2, 0.25) is 0 Å². The molecule has 0 aromatic carbocycles. The molecule has 0 fully saturated rings. The molecule has 0 aliphatic rings. The summed E-state index contributed by atoms with van der Waals surface area (Å²) in [5.41, 5.74) is 2.41. The number of hydrogen-bond donors (Lipinski definition) is 0. The predicted octanol–water partition coefficient (Wildman–Crippen LogP) is 2.88. The maximum absolute atomic E-state index is 4.33. The second-order valence-electron chi connectivity index (χ2n) is 2.99. The van der Waals surface area contributed by atoms with Gasteiger partial charge in [-0.25, -0.2) is 0 Å². The van der Waals surface area contributed by atoms with Gasteiger partial charge in [0.05, 0.1) is 5.69 Å². The van der Waals surface area contributed by atoms with Gasteiger partial charge in [0.25, 0.3) is 0 Å². The topological polar surface area (TPSA) is 17.8 Å². The van der Waals surface area contributed by atoms with Crippen LogP contribution in [-0.2, 0) is 7.05 Å². The van der Waals surface area contributed by atoms with E-state index in [1.54, 1.807) is 0 Å². The van der Waals surface area contributed by atoms with Crippen LogP contribution in [0.1, 0.15) is 45.0 Å². The molecule has 2 heteroatoms. The standard InChI is InChI=1S/C8H14N2.C2H6/c1-6(2)8-5-7(3)10(4)9-8;1-2/h5-6H,1-4H3;1-2H3. The molecule has 12 heavy (non-hydrogen) atoms. The Hall–Kier alpha value is -0.790. The molecule has 70 valence electrons. The summed E-state index contributed by atoms with van der Waals surface area (Å²) >= 11 is 0. The van der Waals surface area contributed by atoms with Crippen LogP contribution in [-0.4, -0.2) is 9.78 Å². The van der Waals surface area contributed by atoms with Crippen molar-refractivity contribution in [3.05, 3.63) is 17.5 Å². The van der Waals surface area contributed by atoms with E-state index in [1.165, 1.54) is 11.4 Å². The molecular weight excluding hydrogens is 148 g/mol. The first-order chi connectivity index (χ1) is 5.61. The number of hydrogen-bond acceptors (Lipinski definition) is 1. The van der Waals surface area contributed by atoms with Crippen molar-refractivity contribution in [3.63, 3.8) is 0 Å². The molecular formula is C10H20N2. The second kappa shape index (κ2) is 4.96. The van der Waals surface area contributed by atoms with E-state index in [-0.39, 0.29) is 0 Å². The average Bonchev–Trinajstić information content (AvgIpc) is 2.36. The van der Waals surface area contributed by atoms with Crippen molar-refractivity contribution >= 4 is 0 Å². The van der Waals surface area contributed by atoms with Gasteiger partial charge >= 0.3 is 0 Å². The molecule has 0 bridgehead atoms. The highest BCUT2D eigenvalue weighted by Crippen LogP contribution is 2.12. The van der Waals surface area contributed by atoms with E-state index in [9.17, 15) is 0 Å². The van der Waals surface area contributed by atoms with Crippen LogP contribution in [0, 0.1) is 6.92 Å². The number of rotatable bonds is 1. The highest BCUT2D eigenvalue weighted by atomic mass is 15.3. The zero-order chi connectivity index (χ0) is 9.72. The minimum absolute atomic E-state index is 0.542. The van der Waals surface area contributed by atoms with Crippen LogP contribution in [0.15, 0.2) is 6.07 Å². The maximum atomic E-state index is 4.33. The van der Waals surface area contributed by atoms with Crippen LogP contribution < -0.4 is 0 Å². The van der Waals surface area contributed by atoms with Crippen LogP contribution in [0.4, 0.5) is 0 Å². The Morgan fingerprint density at radius 1 is 1.33 bits per heavy atom. The van der Waals surface area contributed by atoms with E-state index in [4.69, 9.17) is 0 Å². The molecule has 0 aliphatic carbocycles. The third kappa shape index (κ3) is 2.68. The normalized spacial score (nSPS) is 9.58. The molecule has 0 unspecified atom stereocenters. The van der Waals surface area contributed by atoms with Gasteiger partial charge in [-0.1, -0.05) is 27.7 Å². The fourth-order valence-corrected chi connectivity index (χ4v) is 0.871. The average molecular weight is 168 g/mol. The largest absolute Gasteiger partial charge is 0.273 e. The summed E-state index contributed by atoms with van der Waals surface area (Å²) in [7, 11) is 1.97. The van der Waals surface area contributed by atoms with Crippen molar-refractivity contribution in [1.82, 2.24) is 9.78 Å². The van der Waals surface area contributed by atoms with Gasteiger partial charge in [0.1, 0.15) is 0 Å². The van der Waals surface area contributed by atoms with Crippen LogP contribution >= 0.6 is 0 Å². The van der Waals surface area contributed by atoms with Crippen molar-refractivity contribution in [3.8, 4) is 0 Å². The van der Waals surface area contributed by atoms with Gasteiger partial charge in [0, 0.05) is 12.7 Å². The molecule has 1 rings (SSSR count). The Labute approximate surface area is 75.6 Å². The summed E-state index contributed by atoms with van der Waals surface area (Å²) in [6, 6.07) is 2.13. The Bertz CT molecular complexity index is 204. The monoisotopic (exact) mass is 168 g/mol. The van der Waals surface area contributed by atoms with E-state index in [0.29, 0.717) is 5.92 Å². The number of aromatic nitrogens is 2. The summed E-state index contributed by atoms with van der Waals surface area (Å²) < 4.78 is 1.91. The first kappa shape index (κ1) is 11.2. The fourth-order valence-electron chi connectivity index (χ4n) is 0.871. The Morgan fingerprint density at radius 2 is 1.83 bits per heavy atom. The smallest absolute Gasteiger partial charge is 0.0652 e. The lowest BCUT2D eigenvalue weighted by Gasteiger charge is -1.95. The third-order valence-corrected chi connectivity index (χ3v) is 1.72. The predicted molar refractivity (Wildman–Crippen MR) is 53.4 cm³/mol. The first-order valence-corrected chi connectivity index (χ1v) is 4.62. The third-order valence-electron chi connectivity index (χ3n) is 1.72. The lowest BCUT2D eigenvalue weighted by atomic mass is 10.1. The summed E-state index contributed by atoms with van der Waals surface area (Å²) in [5.74, 6) is 0.542. The summed E-state index contributed by atoms with van der Waals surface area (Å²) in [6.07, 6.45) is 0. The van der Waals surface area contributed by atoms with Gasteiger partial charge in [0.2, 0.25) is 0 Å². The van der Waals surface area contributed by atoms with Crippen molar-refractivity contribution in [2.45, 2.75) is 40.5 Å². The zero-order valence-corrected chi connectivity index (χ0v) is 9.05. The molecule has 0 amide bonds. The fraction of sp³-hybridized carbons (Fsp3) is 0.700. The molecule has 1 aromatic heterocycles. The summed E-state index contributed by atoms with van der Waals surface area (Å²) in [5, 5.41) is 4.33. The minimum Gasteiger partial charge on any atom is -0.273 e. The molecule has 0 saturated carbocycles. The Balaban J connectivity index is 0.000000561. The minimum atomic E-state index is 0.542. The van der Waals surface area contributed by atoms with E-state index in [2.05, 4.69) is 31.9 Å². The number of nitrogens with zero attached hydrogens (tertiary/aromatic N) is 2. The van der Waals surface area contributed by atoms with E-state index in [1.807, 2.05) is 25.6 Å². The van der Waals surface area contributed by atoms with Gasteiger partial charge < -0.3 is 0 Å². The lowest BCUT2D eigenvalue weighted by Crippen LogP contribution is -1.94. The van der Waals surface area contributed by atoms with Crippen LogP contribution in [0.25, 0.3) is 0 Å². The van der Waals surface area contributed by atoms with Crippen molar-refractivity contribution in [2.24, 2.45) is 7.05 Å².